The monoisotopic (exact) mass is 244 g/mol. The highest BCUT2D eigenvalue weighted by atomic mass is 16.3. The second-order valence-corrected chi connectivity index (χ2v) is 4.36. The van der Waals surface area contributed by atoms with Crippen molar-refractivity contribution in [2.24, 2.45) is 5.92 Å². The minimum atomic E-state index is 0.161. The zero-order valence-electron chi connectivity index (χ0n) is 11.5. The summed E-state index contributed by atoms with van der Waals surface area (Å²) in [5.41, 5.74) is 0. The average molecular weight is 244 g/mol. The smallest absolute Gasteiger partial charge is 0.236 e. The molecule has 1 atom stereocenters. The predicted octanol–water partition coefficient (Wildman–Crippen LogP) is 1.24. The Kier molecular flexibility index (Phi) is 10.2. The number of aliphatic hydroxyl groups excluding tert-OH is 1. The van der Waals surface area contributed by atoms with Gasteiger partial charge in [-0.25, -0.2) is 0 Å². The van der Waals surface area contributed by atoms with Crippen molar-refractivity contribution < 1.29 is 9.90 Å². The first kappa shape index (κ1) is 16.4. The van der Waals surface area contributed by atoms with Crippen LogP contribution in [-0.4, -0.2) is 48.7 Å². The molecule has 0 heterocycles. The second-order valence-electron chi connectivity index (χ2n) is 4.36. The Balaban J connectivity index is 3.82. The molecule has 4 nitrogen and oxygen atoms in total. The van der Waals surface area contributed by atoms with Gasteiger partial charge in [-0.2, -0.15) is 0 Å². The number of nitrogens with zero attached hydrogens (tertiary/aromatic N) is 1. The van der Waals surface area contributed by atoms with Gasteiger partial charge in [0.05, 0.1) is 6.54 Å². The molecule has 0 aromatic heterocycles. The topological polar surface area (TPSA) is 52.6 Å². The van der Waals surface area contributed by atoms with Crippen LogP contribution in [0.15, 0.2) is 0 Å². The molecule has 4 heteroatoms. The third-order valence-corrected chi connectivity index (χ3v) is 3.06. The van der Waals surface area contributed by atoms with Crippen LogP contribution in [0, 0.1) is 5.92 Å². The molecule has 0 aliphatic heterocycles. The number of likely N-dealkylation sites (N-methyl/N-ethyl adjacent to an activating group) is 1. The lowest BCUT2D eigenvalue weighted by Crippen LogP contribution is -2.39. The van der Waals surface area contributed by atoms with Crippen LogP contribution in [0.1, 0.15) is 40.0 Å². The number of carbonyl (C=O) groups is 1. The van der Waals surface area contributed by atoms with Crippen molar-refractivity contribution in [2.75, 3.05) is 32.8 Å². The van der Waals surface area contributed by atoms with Crippen LogP contribution < -0.4 is 5.32 Å². The lowest BCUT2D eigenvalue weighted by molar-refractivity contribution is -0.129. The lowest BCUT2D eigenvalue weighted by Gasteiger charge is -2.20. The van der Waals surface area contributed by atoms with Crippen LogP contribution in [0.5, 0.6) is 0 Å². The number of aliphatic hydroxyl groups is 1. The first-order valence-corrected chi connectivity index (χ1v) is 6.78. The van der Waals surface area contributed by atoms with E-state index in [1.54, 1.807) is 0 Å². The Morgan fingerprint density at radius 1 is 1.24 bits per heavy atom. The van der Waals surface area contributed by atoms with Crippen molar-refractivity contribution in [3.8, 4) is 0 Å². The van der Waals surface area contributed by atoms with Crippen LogP contribution in [0.25, 0.3) is 0 Å². The minimum Gasteiger partial charge on any atom is -0.396 e. The van der Waals surface area contributed by atoms with Crippen molar-refractivity contribution in [1.82, 2.24) is 10.2 Å². The molecule has 0 radical (unpaired) electrons. The van der Waals surface area contributed by atoms with Crippen LogP contribution in [0.2, 0.25) is 0 Å². The highest BCUT2D eigenvalue weighted by molar-refractivity contribution is 5.78. The van der Waals surface area contributed by atoms with E-state index in [2.05, 4.69) is 12.2 Å². The van der Waals surface area contributed by atoms with Crippen LogP contribution in [0.3, 0.4) is 0 Å². The summed E-state index contributed by atoms with van der Waals surface area (Å²) in [7, 11) is 0. The number of hydrogen-bond acceptors (Lipinski definition) is 3. The van der Waals surface area contributed by atoms with Gasteiger partial charge < -0.3 is 15.3 Å². The molecular formula is C13H28N2O2. The van der Waals surface area contributed by atoms with E-state index in [1.165, 1.54) is 0 Å². The van der Waals surface area contributed by atoms with Crippen molar-refractivity contribution >= 4 is 5.91 Å². The van der Waals surface area contributed by atoms with E-state index in [0.29, 0.717) is 12.5 Å². The zero-order valence-corrected chi connectivity index (χ0v) is 11.5. The molecule has 0 saturated carbocycles. The number of carbonyl (C=O) groups excluding carboxylic acids is 1. The number of nitrogens with one attached hydrogen (secondary N) is 1. The van der Waals surface area contributed by atoms with Gasteiger partial charge in [0.15, 0.2) is 0 Å². The van der Waals surface area contributed by atoms with E-state index in [4.69, 9.17) is 5.11 Å². The standard InChI is InChI=1S/C13H28N2O2/c1-4-7-12(8-9-16)10-14-11-13(17)15(5-2)6-3/h12,14,16H,4-11H2,1-3H3. The van der Waals surface area contributed by atoms with Crippen LogP contribution >= 0.6 is 0 Å². The van der Waals surface area contributed by atoms with E-state index >= 15 is 0 Å². The molecular weight excluding hydrogens is 216 g/mol. The van der Waals surface area contributed by atoms with Crippen molar-refractivity contribution in [3.05, 3.63) is 0 Å². The molecule has 102 valence electrons. The Morgan fingerprint density at radius 2 is 1.88 bits per heavy atom. The fraction of sp³-hybridized carbons (Fsp3) is 0.923. The molecule has 0 fully saturated rings. The van der Waals surface area contributed by atoms with Gasteiger partial charge in [0.2, 0.25) is 5.91 Å². The van der Waals surface area contributed by atoms with Crippen LogP contribution in [-0.2, 0) is 4.79 Å². The van der Waals surface area contributed by atoms with Crippen molar-refractivity contribution in [3.63, 3.8) is 0 Å². The van der Waals surface area contributed by atoms with Gasteiger partial charge >= 0.3 is 0 Å². The molecule has 1 amide bonds. The quantitative estimate of drug-likeness (QED) is 0.608. The predicted molar refractivity (Wildman–Crippen MR) is 70.9 cm³/mol. The third kappa shape index (κ3) is 7.34. The number of amides is 1. The summed E-state index contributed by atoms with van der Waals surface area (Å²) in [6, 6.07) is 0. The maximum Gasteiger partial charge on any atom is 0.236 e. The van der Waals surface area contributed by atoms with Gasteiger partial charge in [-0.3, -0.25) is 4.79 Å². The summed E-state index contributed by atoms with van der Waals surface area (Å²) in [6.07, 6.45) is 3.05. The molecule has 0 aliphatic rings. The largest absolute Gasteiger partial charge is 0.396 e. The fourth-order valence-corrected chi connectivity index (χ4v) is 2.01. The Morgan fingerprint density at radius 3 is 2.35 bits per heavy atom. The van der Waals surface area contributed by atoms with Crippen LogP contribution in [0.4, 0.5) is 0 Å². The molecule has 0 aliphatic carbocycles. The normalized spacial score (nSPS) is 12.5. The zero-order chi connectivity index (χ0) is 13.1. The van der Waals surface area contributed by atoms with E-state index in [1.807, 2.05) is 18.7 Å². The van der Waals surface area contributed by atoms with Crippen molar-refractivity contribution in [2.45, 2.75) is 40.0 Å². The third-order valence-electron chi connectivity index (χ3n) is 3.06. The molecule has 2 N–H and O–H groups in total. The highest BCUT2D eigenvalue weighted by Gasteiger charge is 2.11. The van der Waals surface area contributed by atoms with Crippen molar-refractivity contribution in [1.29, 1.82) is 0 Å². The minimum absolute atomic E-state index is 0.161. The SMILES string of the molecule is CCCC(CCO)CNCC(=O)N(CC)CC. The average Bonchev–Trinajstić information content (AvgIpc) is 2.31. The summed E-state index contributed by atoms with van der Waals surface area (Å²) >= 11 is 0. The van der Waals surface area contributed by atoms with E-state index in [-0.39, 0.29) is 12.5 Å². The first-order valence-electron chi connectivity index (χ1n) is 6.78. The van der Waals surface area contributed by atoms with E-state index in [9.17, 15) is 4.79 Å². The van der Waals surface area contributed by atoms with Gasteiger partial charge in [-0.05, 0) is 39.2 Å². The molecule has 17 heavy (non-hydrogen) atoms. The maximum atomic E-state index is 11.7. The van der Waals surface area contributed by atoms with Gasteiger partial charge in [0.25, 0.3) is 0 Å². The van der Waals surface area contributed by atoms with Gasteiger partial charge in [-0.1, -0.05) is 13.3 Å². The van der Waals surface area contributed by atoms with E-state index in [0.717, 1.165) is 38.9 Å². The number of rotatable bonds is 10. The molecule has 1 unspecified atom stereocenters. The number of hydrogen-bond donors (Lipinski definition) is 2. The molecule has 0 rings (SSSR count). The first-order chi connectivity index (χ1) is 8.19. The van der Waals surface area contributed by atoms with E-state index < -0.39 is 0 Å². The second kappa shape index (κ2) is 10.5. The maximum absolute atomic E-state index is 11.7. The molecule has 0 aromatic rings. The molecule has 0 aromatic carbocycles. The van der Waals surface area contributed by atoms with Gasteiger partial charge in [0, 0.05) is 19.7 Å². The summed E-state index contributed by atoms with van der Waals surface area (Å²) in [4.78, 5) is 13.5. The van der Waals surface area contributed by atoms with Gasteiger partial charge in [-0.15, -0.1) is 0 Å². The summed E-state index contributed by atoms with van der Waals surface area (Å²) in [6.45, 7) is 9.13. The molecule has 0 saturated heterocycles. The summed E-state index contributed by atoms with van der Waals surface area (Å²) < 4.78 is 0. The van der Waals surface area contributed by atoms with Gasteiger partial charge in [0.1, 0.15) is 0 Å². The molecule has 0 bridgehead atoms. The molecule has 0 spiro atoms. The summed E-state index contributed by atoms with van der Waals surface area (Å²) in [5, 5.41) is 12.1. The summed E-state index contributed by atoms with van der Waals surface area (Å²) in [5.74, 6) is 0.642. The Hall–Kier alpha value is -0.610. The Bertz CT molecular complexity index is 188. The Labute approximate surface area is 105 Å². The fourth-order valence-electron chi connectivity index (χ4n) is 2.01. The lowest BCUT2D eigenvalue weighted by atomic mass is 10.0. The highest BCUT2D eigenvalue weighted by Crippen LogP contribution is 2.09.